The van der Waals surface area contributed by atoms with E-state index in [-0.39, 0.29) is 5.91 Å². The van der Waals surface area contributed by atoms with Gasteiger partial charge in [0.05, 0.1) is 17.2 Å². The molecule has 0 spiro atoms. The van der Waals surface area contributed by atoms with E-state index in [0.29, 0.717) is 28.8 Å². The smallest absolute Gasteiger partial charge is 0.411 e. The predicted octanol–water partition coefficient (Wildman–Crippen LogP) is 5.73. The zero-order valence-electron chi connectivity index (χ0n) is 16.7. The highest BCUT2D eigenvalue weighted by Gasteiger charge is 2.33. The third-order valence-electron chi connectivity index (χ3n) is 6.01. The molecule has 0 aromatic heterocycles. The Balaban J connectivity index is 1.56. The summed E-state index contributed by atoms with van der Waals surface area (Å²) in [5.41, 5.74) is 1.03. The highest BCUT2D eigenvalue weighted by atomic mass is 35.5. The molecule has 5 nitrogen and oxygen atoms in total. The SMILES string of the molecule is CCCCCOC(=O)Nc1ccc(C(=O)N2CC[C@H]3CCCC[C@H]3C2)c(Cl)c1. The fourth-order valence-electron chi connectivity index (χ4n) is 4.39. The van der Waals surface area contributed by atoms with Crippen molar-refractivity contribution in [3.63, 3.8) is 0 Å². The maximum Gasteiger partial charge on any atom is 0.411 e. The predicted molar refractivity (Wildman–Crippen MR) is 112 cm³/mol. The lowest BCUT2D eigenvalue weighted by molar-refractivity contribution is 0.0521. The summed E-state index contributed by atoms with van der Waals surface area (Å²) < 4.78 is 5.14. The molecule has 2 atom stereocenters. The molecule has 1 aliphatic carbocycles. The molecule has 1 heterocycles. The van der Waals surface area contributed by atoms with Crippen LogP contribution in [0.4, 0.5) is 10.5 Å². The lowest BCUT2D eigenvalue weighted by Gasteiger charge is -2.41. The first-order valence-corrected chi connectivity index (χ1v) is 11.0. The lowest BCUT2D eigenvalue weighted by atomic mass is 9.75. The largest absolute Gasteiger partial charge is 0.449 e. The standard InChI is InChI=1S/C22H31ClN2O3/c1-2-3-6-13-28-22(27)24-18-9-10-19(20(23)14-18)21(26)25-12-11-16-7-4-5-8-17(16)15-25/h9-10,14,16-17H,2-8,11-13,15H2,1H3,(H,24,27)/t16-,17+/m1/s1. The fourth-order valence-corrected chi connectivity index (χ4v) is 4.65. The van der Waals surface area contributed by atoms with Crippen LogP contribution in [0.3, 0.4) is 0 Å². The Hall–Kier alpha value is -1.75. The van der Waals surface area contributed by atoms with Gasteiger partial charge in [0.25, 0.3) is 5.91 Å². The van der Waals surface area contributed by atoms with Gasteiger partial charge in [-0.25, -0.2) is 4.79 Å². The maximum absolute atomic E-state index is 13.0. The molecule has 1 aromatic carbocycles. The first kappa shape index (κ1) is 21.0. The molecule has 0 unspecified atom stereocenters. The number of fused-ring (bicyclic) bond motifs is 1. The number of carbonyl (C=O) groups excluding carboxylic acids is 2. The summed E-state index contributed by atoms with van der Waals surface area (Å²) in [6.07, 6.45) is 8.71. The second-order valence-electron chi connectivity index (χ2n) is 8.01. The molecule has 0 bridgehead atoms. The number of hydrogen-bond donors (Lipinski definition) is 1. The van der Waals surface area contributed by atoms with E-state index >= 15 is 0 Å². The number of piperidine rings is 1. The van der Waals surface area contributed by atoms with Gasteiger partial charge in [-0.15, -0.1) is 0 Å². The molecule has 2 amide bonds. The minimum Gasteiger partial charge on any atom is -0.449 e. The van der Waals surface area contributed by atoms with Gasteiger partial charge in [0.2, 0.25) is 0 Å². The summed E-state index contributed by atoms with van der Waals surface area (Å²) in [5, 5.41) is 3.03. The molecular formula is C22H31ClN2O3. The molecule has 28 heavy (non-hydrogen) atoms. The molecule has 2 fully saturated rings. The van der Waals surface area contributed by atoms with Gasteiger partial charge in [-0.1, -0.05) is 50.6 Å². The number of nitrogens with one attached hydrogen (secondary N) is 1. The molecule has 1 aromatic rings. The Morgan fingerprint density at radius 3 is 2.71 bits per heavy atom. The van der Waals surface area contributed by atoms with E-state index in [0.717, 1.165) is 44.7 Å². The van der Waals surface area contributed by atoms with Crippen LogP contribution in [0, 0.1) is 11.8 Å². The number of unbranched alkanes of at least 4 members (excludes halogenated alkanes) is 2. The topological polar surface area (TPSA) is 58.6 Å². The molecule has 1 N–H and O–H groups in total. The van der Waals surface area contributed by atoms with Crippen molar-refractivity contribution in [3.05, 3.63) is 28.8 Å². The number of hydrogen-bond acceptors (Lipinski definition) is 3. The van der Waals surface area contributed by atoms with Crippen LogP contribution in [0.1, 0.15) is 68.6 Å². The van der Waals surface area contributed by atoms with Crippen LogP contribution in [0.5, 0.6) is 0 Å². The average Bonchev–Trinajstić information content (AvgIpc) is 2.70. The molecule has 0 radical (unpaired) electrons. The monoisotopic (exact) mass is 406 g/mol. The van der Waals surface area contributed by atoms with E-state index in [1.165, 1.54) is 25.7 Å². The first-order chi connectivity index (χ1) is 13.6. The molecule has 3 rings (SSSR count). The van der Waals surface area contributed by atoms with Crippen molar-refractivity contribution >= 4 is 29.3 Å². The van der Waals surface area contributed by atoms with E-state index in [2.05, 4.69) is 12.2 Å². The van der Waals surface area contributed by atoms with Crippen LogP contribution >= 0.6 is 11.6 Å². The van der Waals surface area contributed by atoms with Crippen molar-refractivity contribution in [2.75, 3.05) is 25.0 Å². The molecule has 1 aliphatic heterocycles. The number of ether oxygens (including phenoxy) is 1. The first-order valence-electron chi connectivity index (χ1n) is 10.6. The number of amides is 2. The highest BCUT2D eigenvalue weighted by Crippen LogP contribution is 2.36. The minimum atomic E-state index is -0.495. The molecule has 154 valence electrons. The molecular weight excluding hydrogens is 376 g/mol. The van der Waals surface area contributed by atoms with Crippen LogP contribution < -0.4 is 5.32 Å². The summed E-state index contributed by atoms with van der Waals surface area (Å²) >= 11 is 6.37. The quantitative estimate of drug-likeness (QED) is 0.613. The van der Waals surface area contributed by atoms with Crippen molar-refractivity contribution in [1.29, 1.82) is 0 Å². The van der Waals surface area contributed by atoms with Crippen LogP contribution in [0.15, 0.2) is 18.2 Å². The van der Waals surface area contributed by atoms with Crippen molar-refractivity contribution in [2.24, 2.45) is 11.8 Å². The van der Waals surface area contributed by atoms with E-state index < -0.39 is 6.09 Å². The van der Waals surface area contributed by atoms with Crippen LogP contribution in [0.2, 0.25) is 5.02 Å². The van der Waals surface area contributed by atoms with Crippen molar-refractivity contribution < 1.29 is 14.3 Å². The Morgan fingerprint density at radius 2 is 1.96 bits per heavy atom. The third kappa shape index (κ3) is 5.40. The van der Waals surface area contributed by atoms with E-state index in [9.17, 15) is 9.59 Å². The number of carbonyl (C=O) groups is 2. The Morgan fingerprint density at radius 1 is 1.18 bits per heavy atom. The Bertz CT molecular complexity index is 694. The Labute approximate surface area is 172 Å². The second kappa shape index (κ2) is 10.1. The number of rotatable bonds is 6. The van der Waals surface area contributed by atoms with Gasteiger partial charge < -0.3 is 9.64 Å². The second-order valence-corrected chi connectivity index (χ2v) is 8.41. The van der Waals surface area contributed by atoms with E-state index in [4.69, 9.17) is 16.3 Å². The average molecular weight is 407 g/mol. The van der Waals surface area contributed by atoms with Gasteiger partial charge in [-0.3, -0.25) is 10.1 Å². The van der Waals surface area contributed by atoms with E-state index in [1.54, 1.807) is 18.2 Å². The molecule has 6 heteroatoms. The zero-order valence-corrected chi connectivity index (χ0v) is 17.5. The van der Waals surface area contributed by atoms with Gasteiger partial charge in [0.15, 0.2) is 0 Å². The van der Waals surface area contributed by atoms with E-state index in [1.807, 2.05) is 4.90 Å². The zero-order chi connectivity index (χ0) is 19.9. The summed E-state index contributed by atoms with van der Waals surface area (Å²) in [6, 6.07) is 5.03. The van der Waals surface area contributed by atoms with Crippen molar-refractivity contribution in [1.82, 2.24) is 4.90 Å². The Kier molecular flexibility index (Phi) is 7.60. The maximum atomic E-state index is 13.0. The normalized spacial score (nSPS) is 21.7. The highest BCUT2D eigenvalue weighted by molar-refractivity contribution is 6.34. The van der Waals surface area contributed by atoms with Crippen LogP contribution in [-0.2, 0) is 4.74 Å². The number of nitrogens with zero attached hydrogens (tertiary/aromatic N) is 1. The van der Waals surface area contributed by atoms with Crippen molar-refractivity contribution in [2.45, 2.75) is 58.3 Å². The van der Waals surface area contributed by atoms with Crippen molar-refractivity contribution in [3.8, 4) is 0 Å². The third-order valence-corrected chi connectivity index (χ3v) is 6.32. The molecule has 1 saturated heterocycles. The van der Waals surface area contributed by atoms with Gasteiger partial charge >= 0.3 is 6.09 Å². The van der Waals surface area contributed by atoms with Gasteiger partial charge in [0.1, 0.15) is 0 Å². The fraction of sp³-hybridized carbons (Fsp3) is 0.636. The number of benzene rings is 1. The molecule has 2 aliphatic rings. The minimum absolute atomic E-state index is 0.0114. The van der Waals surface area contributed by atoms with Gasteiger partial charge in [-0.2, -0.15) is 0 Å². The van der Waals surface area contributed by atoms with Crippen LogP contribution in [0.25, 0.3) is 0 Å². The van der Waals surface area contributed by atoms with Crippen LogP contribution in [-0.4, -0.2) is 36.6 Å². The van der Waals surface area contributed by atoms with Gasteiger partial charge in [0, 0.05) is 18.8 Å². The lowest BCUT2D eigenvalue weighted by Crippen LogP contribution is -2.44. The number of likely N-dealkylation sites (tertiary alicyclic amines) is 1. The van der Waals surface area contributed by atoms with Gasteiger partial charge in [-0.05, 0) is 49.3 Å². The molecule has 1 saturated carbocycles. The summed E-state index contributed by atoms with van der Waals surface area (Å²) in [6.45, 7) is 4.15. The number of halogens is 1. The summed E-state index contributed by atoms with van der Waals surface area (Å²) in [4.78, 5) is 26.7. The summed E-state index contributed by atoms with van der Waals surface area (Å²) in [7, 11) is 0. The summed E-state index contributed by atoms with van der Waals surface area (Å²) in [5.74, 6) is 1.40. The number of anilines is 1.